The van der Waals surface area contributed by atoms with Gasteiger partial charge in [-0.25, -0.2) is 13.1 Å². The largest absolute Gasteiger partial charge is 0.497 e. The first kappa shape index (κ1) is 22.0. The van der Waals surface area contributed by atoms with Gasteiger partial charge in [-0.15, -0.1) is 0 Å². The van der Waals surface area contributed by atoms with E-state index in [9.17, 15) is 13.2 Å². The maximum Gasteiger partial charge on any atom is 0.307 e. The topological polar surface area (TPSA) is 90.9 Å². The third-order valence-corrected chi connectivity index (χ3v) is 5.75. The van der Waals surface area contributed by atoms with Crippen LogP contribution < -0.4 is 14.2 Å². The summed E-state index contributed by atoms with van der Waals surface area (Å²) < 4.78 is 43.9. The average Bonchev–Trinajstić information content (AvgIpc) is 2.67. The van der Waals surface area contributed by atoms with E-state index in [0.717, 1.165) is 0 Å². The van der Waals surface area contributed by atoms with Crippen LogP contribution in [0.3, 0.4) is 0 Å². The summed E-state index contributed by atoms with van der Waals surface area (Å²) in [5.41, 5.74) is 0.461. The fraction of sp³-hybridized carbons (Fsp3) is 0.316. The number of benzene rings is 2. The minimum atomic E-state index is -4.08. The third-order valence-electron chi connectivity index (χ3n) is 3.91. The van der Waals surface area contributed by atoms with Crippen LogP contribution in [-0.2, 0) is 19.6 Å². The maximum absolute atomic E-state index is 13.1. The fourth-order valence-electron chi connectivity index (χ4n) is 2.60. The second-order valence-corrected chi connectivity index (χ2v) is 7.81. The first-order valence-corrected chi connectivity index (χ1v) is 10.3. The van der Waals surface area contributed by atoms with Crippen molar-refractivity contribution in [2.75, 3.05) is 20.8 Å². The van der Waals surface area contributed by atoms with Crippen molar-refractivity contribution < 1.29 is 27.4 Å². The number of halogens is 1. The van der Waals surface area contributed by atoms with Crippen molar-refractivity contribution >= 4 is 27.6 Å². The van der Waals surface area contributed by atoms with E-state index in [0.29, 0.717) is 16.3 Å². The van der Waals surface area contributed by atoms with Gasteiger partial charge in [-0.05, 0) is 30.7 Å². The first-order valence-electron chi connectivity index (χ1n) is 8.46. The fourth-order valence-corrected chi connectivity index (χ4v) is 4.27. The molecule has 152 valence electrons. The SMILES string of the molecule is CCOC(=O)CC(NS(=O)(=O)c1cc(OC)ccc1OC)c1ccccc1Cl. The van der Waals surface area contributed by atoms with Crippen LogP contribution in [-0.4, -0.2) is 35.2 Å². The number of ether oxygens (including phenoxy) is 3. The lowest BCUT2D eigenvalue weighted by atomic mass is 10.1. The summed E-state index contributed by atoms with van der Waals surface area (Å²) in [5, 5.41) is 0.331. The normalized spacial score (nSPS) is 12.3. The molecule has 0 fully saturated rings. The lowest BCUT2D eigenvalue weighted by Crippen LogP contribution is -2.31. The summed E-state index contributed by atoms with van der Waals surface area (Å²) >= 11 is 6.23. The lowest BCUT2D eigenvalue weighted by molar-refractivity contribution is -0.143. The smallest absolute Gasteiger partial charge is 0.307 e. The first-order chi connectivity index (χ1) is 13.3. The predicted molar refractivity (Wildman–Crippen MR) is 105 cm³/mol. The van der Waals surface area contributed by atoms with Crippen LogP contribution >= 0.6 is 11.6 Å². The molecule has 0 bridgehead atoms. The van der Waals surface area contributed by atoms with E-state index in [-0.39, 0.29) is 23.7 Å². The summed E-state index contributed by atoms with van der Waals surface area (Å²) in [5.74, 6) is -0.0593. The molecule has 2 aromatic rings. The van der Waals surface area contributed by atoms with E-state index >= 15 is 0 Å². The summed E-state index contributed by atoms with van der Waals surface area (Å²) in [6.45, 7) is 1.86. The second kappa shape index (κ2) is 9.77. The van der Waals surface area contributed by atoms with Crippen LogP contribution in [0.15, 0.2) is 47.4 Å². The van der Waals surface area contributed by atoms with Gasteiger partial charge in [0, 0.05) is 11.1 Å². The zero-order valence-electron chi connectivity index (χ0n) is 15.8. The van der Waals surface area contributed by atoms with Gasteiger partial charge in [-0.2, -0.15) is 0 Å². The molecule has 1 unspecified atom stereocenters. The molecule has 9 heteroatoms. The van der Waals surface area contributed by atoms with Gasteiger partial charge < -0.3 is 14.2 Å². The van der Waals surface area contributed by atoms with Crippen molar-refractivity contribution in [1.82, 2.24) is 4.72 Å². The molecule has 0 aliphatic heterocycles. The molecule has 0 aliphatic carbocycles. The molecule has 0 aliphatic rings. The van der Waals surface area contributed by atoms with Gasteiger partial charge in [0.15, 0.2) is 0 Å². The molecule has 28 heavy (non-hydrogen) atoms. The van der Waals surface area contributed by atoms with E-state index in [4.69, 9.17) is 25.8 Å². The van der Waals surface area contributed by atoms with E-state index < -0.39 is 22.0 Å². The van der Waals surface area contributed by atoms with Crippen molar-refractivity contribution in [2.24, 2.45) is 0 Å². The minimum Gasteiger partial charge on any atom is -0.497 e. The van der Waals surface area contributed by atoms with Gasteiger partial charge >= 0.3 is 5.97 Å². The zero-order chi connectivity index (χ0) is 20.7. The number of carbonyl (C=O) groups excluding carboxylic acids is 1. The van der Waals surface area contributed by atoms with E-state index in [1.54, 1.807) is 37.3 Å². The Morgan fingerprint density at radius 1 is 1.14 bits per heavy atom. The Hall–Kier alpha value is -2.29. The Kier molecular flexibility index (Phi) is 7.68. The van der Waals surface area contributed by atoms with Crippen LogP contribution in [0.4, 0.5) is 0 Å². The molecule has 2 rings (SSSR count). The molecule has 1 N–H and O–H groups in total. The number of methoxy groups -OCH3 is 2. The van der Waals surface area contributed by atoms with E-state index in [1.807, 2.05) is 0 Å². The molecule has 0 heterocycles. The lowest BCUT2D eigenvalue weighted by Gasteiger charge is -2.20. The Labute approximate surface area is 169 Å². The number of carbonyl (C=O) groups is 1. The van der Waals surface area contributed by atoms with Crippen molar-refractivity contribution in [3.05, 3.63) is 53.1 Å². The van der Waals surface area contributed by atoms with Gasteiger partial charge in [0.2, 0.25) is 10.0 Å². The molecular formula is C19H22ClNO6S. The summed E-state index contributed by atoms with van der Waals surface area (Å²) in [7, 11) is -1.29. The Balaban J connectivity index is 2.45. The second-order valence-electron chi connectivity index (χ2n) is 5.72. The standard InChI is InChI=1S/C19H22ClNO6S/c1-4-27-19(22)12-16(14-7-5-6-8-15(14)20)21-28(23,24)18-11-13(25-2)9-10-17(18)26-3/h5-11,16,21H,4,12H2,1-3H3. The average molecular weight is 428 g/mol. The van der Waals surface area contributed by atoms with Crippen LogP contribution in [0.25, 0.3) is 0 Å². The molecule has 0 aromatic heterocycles. The third kappa shape index (κ3) is 5.37. The quantitative estimate of drug-likeness (QED) is 0.617. The summed E-state index contributed by atoms with van der Waals surface area (Å²) in [4.78, 5) is 11.9. The number of rotatable bonds is 9. The molecule has 2 aromatic carbocycles. The summed E-state index contributed by atoms with van der Waals surface area (Å²) in [6.07, 6.45) is -0.219. The highest BCUT2D eigenvalue weighted by Gasteiger charge is 2.28. The van der Waals surface area contributed by atoms with Crippen LogP contribution in [0, 0.1) is 0 Å². The number of nitrogens with one attached hydrogen (secondary N) is 1. The van der Waals surface area contributed by atoms with Crippen molar-refractivity contribution in [3.8, 4) is 11.5 Å². The number of esters is 1. The molecule has 0 radical (unpaired) electrons. The number of hydrogen-bond donors (Lipinski definition) is 1. The molecule has 7 nitrogen and oxygen atoms in total. The molecule has 1 atom stereocenters. The highest BCUT2D eigenvalue weighted by atomic mass is 35.5. The molecular weight excluding hydrogens is 406 g/mol. The van der Waals surface area contributed by atoms with Crippen LogP contribution in [0.2, 0.25) is 5.02 Å². The van der Waals surface area contributed by atoms with Gasteiger partial charge in [0.1, 0.15) is 16.4 Å². The van der Waals surface area contributed by atoms with Crippen LogP contribution in [0.5, 0.6) is 11.5 Å². The molecule has 0 amide bonds. The Bertz CT molecular complexity index is 932. The van der Waals surface area contributed by atoms with Crippen molar-refractivity contribution in [1.29, 1.82) is 0 Å². The Morgan fingerprint density at radius 3 is 2.46 bits per heavy atom. The zero-order valence-corrected chi connectivity index (χ0v) is 17.3. The minimum absolute atomic E-state index is 0.115. The van der Waals surface area contributed by atoms with Gasteiger partial charge in [-0.1, -0.05) is 29.8 Å². The monoisotopic (exact) mass is 427 g/mol. The van der Waals surface area contributed by atoms with Crippen molar-refractivity contribution in [2.45, 2.75) is 24.3 Å². The van der Waals surface area contributed by atoms with Crippen molar-refractivity contribution in [3.63, 3.8) is 0 Å². The highest BCUT2D eigenvalue weighted by molar-refractivity contribution is 7.89. The van der Waals surface area contributed by atoms with Crippen LogP contribution in [0.1, 0.15) is 24.9 Å². The van der Waals surface area contributed by atoms with Gasteiger partial charge in [0.05, 0.1) is 33.3 Å². The van der Waals surface area contributed by atoms with E-state index in [2.05, 4.69) is 4.72 Å². The Morgan fingerprint density at radius 2 is 1.86 bits per heavy atom. The molecule has 0 saturated heterocycles. The maximum atomic E-state index is 13.1. The molecule has 0 saturated carbocycles. The predicted octanol–water partition coefficient (Wildman–Crippen LogP) is 3.33. The summed E-state index contributed by atoms with van der Waals surface area (Å²) in [6, 6.07) is 10.2. The van der Waals surface area contributed by atoms with E-state index in [1.165, 1.54) is 26.4 Å². The molecule has 0 spiro atoms. The number of sulfonamides is 1. The highest BCUT2D eigenvalue weighted by Crippen LogP contribution is 2.31. The number of hydrogen-bond acceptors (Lipinski definition) is 6. The van der Waals surface area contributed by atoms with Gasteiger partial charge in [0.25, 0.3) is 0 Å². The van der Waals surface area contributed by atoms with Gasteiger partial charge in [-0.3, -0.25) is 4.79 Å².